The van der Waals surface area contributed by atoms with Crippen LogP contribution in [0, 0.1) is 17.2 Å². The van der Waals surface area contributed by atoms with Crippen molar-refractivity contribution in [3.05, 3.63) is 56.4 Å². The molecule has 1 amide bonds. The van der Waals surface area contributed by atoms with Crippen LogP contribution in [0.3, 0.4) is 0 Å². The molecule has 2 aromatic rings. The van der Waals surface area contributed by atoms with E-state index in [2.05, 4.69) is 12.2 Å². The van der Waals surface area contributed by atoms with Gasteiger partial charge in [-0.25, -0.2) is 4.79 Å². The number of rotatable bonds is 6. The molecule has 0 saturated heterocycles. The quantitative estimate of drug-likeness (QED) is 0.356. The summed E-state index contributed by atoms with van der Waals surface area (Å²) in [7, 11) is 0. The number of halogens is 1. The highest BCUT2D eigenvalue weighted by Crippen LogP contribution is 2.41. The molecular formula is C23H23ClN2O3S. The van der Waals surface area contributed by atoms with Crippen LogP contribution in [0.25, 0.3) is 6.08 Å². The number of benzene rings is 1. The molecule has 156 valence electrons. The van der Waals surface area contributed by atoms with Crippen molar-refractivity contribution in [2.45, 2.75) is 39.5 Å². The van der Waals surface area contributed by atoms with Gasteiger partial charge in [0.2, 0.25) is 0 Å². The summed E-state index contributed by atoms with van der Waals surface area (Å²) < 4.78 is 5.25. The van der Waals surface area contributed by atoms with E-state index in [1.807, 2.05) is 6.07 Å². The zero-order chi connectivity index (χ0) is 21.7. The summed E-state index contributed by atoms with van der Waals surface area (Å²) in [6.45, 7) is 4.18. The lowest BCUT2D eigenvalue weighted by atomic mass is 9.85. The maximum Gasteiger partial charge on any atom is 0.341 e. The number of carbonyl (C=O) groups excluding carboxylic acids is 2. The summed E-state index contributed by atoms with van der Waals surface area (Å²) in [5, 5.41) is 13.3. The fourth-order valence-electron chi connectivity index (χ4n) is 3.55. The lowest BCUT2D eigenvalue weighted by Gasteiger charge is -2.20. The highest BCUT2D eigenvalue weighted by Gasteiger charge is 2.30. The number of amides is 1. The van der Waals surface area contributed by atoms with Gasteiger partial charge in [0.05, 0.1) is 12.2 Å². The molecule has 1 aromatic carbocycles. The van der Waals surface area contributed by atoms with Gasteiger partial charge in [-0.3, -0.25) is 4.79 Å². The van der Waals surface area contributed by atoms with Crippen LogP contribution >= 0.6 is 22.9 Å². The van der Waals surface area contributed by atoms with Crippen LogP contribution in [0.15, 0.2) is 29.8 Å². The zero-order valence-electron chi connectivity index (χ0n) is 17.0. The first-order valence-electron chi connectivity index (χ1n) is 9.97. The average Bonchev–Trinajstić information content (AvgIpc) is 3.10. The Morgan fingerprint density at radius 2 is 2.07 bits per heavy atom. The van der Waals surface area contributed by atoms with Crippen molar-refractivity contribution in [1.29, 1.82) is 5.26 Å². The van der Waals surface area contributed by atoms with Gasteiger partial charge in [0.25, 0.3) is 5.91 Å². The fraction of sp³-hybridized carbons (Fsp3) is 0.348. The topological polar surface area (TPSA) is 79.2 Å². The third-order valence-corrected chi connectivity index (χ3v) is 6.62. The Kier molecular flexibility index (Phi) is 7.30. The van der Waals surface area contributed by atoms with Gasteiger partial charge in [0.15, 0.2) is 0 Å². The molecule has 0 saturated carbocycles. The Bertz CT molecular complexity index is 1020. The van der Waals surface area contributed by atoms with E-state index >= 15 is 0 Å². The molecular weight excluding hydrogens is 420 g/mol. The van der Waals surface area contributed by atoms with E-state index in [4.69, 9.17) is 16.3 Å². The number of nitrogens with zero attached hydrogens (tertiary/aromatic N) is 1. The van der Waals surface area contributed by atoms with E-state index in [1.54, 1.807) is 31.2 Å². The van der Waals surface area contributed by atoms with Crippen LogP contribution in [0.4, 0.5) is 5.00 Å². The van der Waals surface area contributed by atoms with E-state index in [9.17, 15) is 14.9 Å². The number of fused-ring (bicyclic) bond motifs is 1. The van der Waals surface area contributed by atoms with Gasteiger partial charge in [-0.15, -0.1) is 11.3 Å². The molecule has 1 N–H and O–H groups in total. The summed E-state index contributed by atoms with van der Waals surface area (Å²) in [6.07, 6.45) is 5.27. The smallest absolute Gasteiger partial charge is 0.341 e. The van der Waals surface area contributed by atoms with Crippen molar-refractivity contribution in [1.82, 2.24) is 0 Å². The van der Waals surface area contributed by atoms with Crippen LogP contribution < -0.4 is 5.32 Å². The summed E-state index contributed by atoms with van der Waals surface area (Å²) in [5.41, 5.74) is 2.04. The summed E-state index contributed by atoms with van der Waals surface area (Å²) in [5.74, 6) is -0.404. The maximum atomic E-state index is 12.8. The standard InChI is InChI=1S/C23H23ClN2O3S/c1-3-14-7-10-18-19(12-14)30-22(20(18)23(28)29-4-2)26-21(27)16(13-25)11-15-5-8-17(24)9-6-15/h5-6,8-9,11,14H,3-4,7,10,12H2,1-2H3,(H,26,27)/b16-11+. The first-order chi connectivity index (χ1) is 14.5. The molecule has 1 aromatic heterocycles. The lowest BCUT2D eigenvalue weighted by Crippen LogP contribution is -2.17. The maximum absolute atomic E-state index is 12.8. The fourth-order valence-corrected chi connectivity index (χ4v) is 5.03. The first kappa shape index (κ1) is 22.1. The van der Waals surface area contributed by atoms with Crippen molar-refractivity contribution in [3.63, 3.8) is 0 Å². The molecule has 3 rings (SSSR count). The molecule has 1 aliphatic carbocycles. The number of thiophene rings is 1. The van der Waals surface area contributed by atoms with E-state index in [0.717, 1.165) is 36.1 Å². The van der Waals surface area contributed by atoms with Crippen molar-refractivity contribution < 1.29 is 14.3 Å². The number of carbonyl (C=O) groups is 2. The van der Waals surface area contributed by atoms with Gasteiger partial charge >= 0.3 is 5.97 Å². The van der Waals surface area contributed by atoms with Crippen molar-refractivity contribution in [2.75, 3.05) is 11.9 Å². The third kappa shape index (κ3) is 4.92. The van der Waals surface area contributed by atoms with E-state index in [-0.39, 0.29) is 12.2 Å². The molecule has 30 heavy (non-hydrogen) atoms. The number of hydrogen-bond acceptors (Lipinski definition) is 5. The molecule has 1 aliphatic rings. The predicted octanol–water partition coefficient (Wildman–Crippen LogP) is 5.64. The highest BCUT2D eigenvalue weighted by molar-refractivity contribution is 7.17. The Morgan fingerprint density at radius 1 is 1.33 bits per heavy atom. The lowest BCUT2D eigenvalue weighted by molar-refractivity contribution is -0.112. The number of nitriles is 1. The van der Waals surface area contributed by atoms with Crippen molar-refractivity contribution in [2.24, 2.45) is 5.92 Å². The minimum absolute atomic E-state index is 0.0510. The molecule has 0 radical (unpaired) electrons. The van der Waals surface area contributed by atoms with Gasteiger partial charge in [-0.2, -0.15) is 5.26 Å². The normalized spacial score (nSPS) is 15.8. The van der Waals surface area contributed by atoms with Crippen LogP contribution in [0.2, 0.25) is 5.02 Å². The van der Waals surface area contributed by atoms with E-state index in [1.165, 1.54) is 17.4 Å². The highest BCUT2D eigenvalue weighted by atomic mass is 35.5. The average molecular weight is 443 g/mol. The number of anilines is 1. The van der Waals surface area contributed by atoms with Gasteiger partial charge in [0, 0.05) is 9.90 Å². The summed E-state index contributed by atoms with van der Waals surface area (Å²) >= 11 is 7.30. The Morgan fingerprint density at radius 3 is 2.70 bits per heavy atom. The molecule has 1 atom stereocenters. The van der Waals surface area contributed by atoms with Gasteiger partial charge in [-0.1, -0.05) is 37.1 Å². The van der Waals surface area contributed by atoms with Crippen LogP contribution in [-0.4, -0.2) is 18.5 Å². The largest absolute Gasteiger partial charge is 0.462 e. The monoisotopic (exact) mass is 442 g/mol. The second-order valence-corrected chi connectivity index (χ2v) is 8.66. The van der Waals surface area contributed by atoms with Gasteiger partial charge in [-0.05, 0) is 61.4 Å². The molecule has 0 fully saturated rings. The molecule has 7 heteroatoms. The number of hydrogen-bond donors (Lipinski definition) is 1. The summed E-state index contributed by atoms with van der Waals surface area (Å²) in [4.78, 5) is 26.6. The second kappa shape index (κ2) is 9.92. The molecule has 5 nitrogen and oxygen atoms in total. The Balaban J connectivity index is 1.91. The third-order valence-electron chi connectivity index (χ3n) is 5.20. The van der Waals surface area contributed by atoms with Gasteiger partial charge < -0.3 is 10.1 Å². The number of nitrogens with one attached hydrogen (secondary N) is 1. The van der Waals surface area contributed by atoms with Crippen LogP contribution in [-0.2, 0) is 22.4 Å². The molecule has 0 spiro atoms. The SMILES string of the molecule is CCOC(=O)c1c(NC(=O)/C(C#N)=C/c2ccc(Cl)cc2)sc2c1CCC(CC)C2. The van der Waals surface area contributed by atoms with E-state index < -0.39 is 11.9 Å². The number of esters is 1. The first-order valence-corrected chi connectivity index (χ1v) is 11.2. The van der Waals surface area contributed by atoms with Crippen LogP contribution in [0.5, 0.6) is 0 Å². The zero-order valence-corrected chi connectivity index (χ0v) is 18.5. The predicted molar refractivity (Wildman–Crippen MR) is 120 cm³/mol. The molecule has 1 heterocycles. The second-order valence-electron chi connectivity index (χ2n) is 7.12. The van der Waals surface area contributed by atoms with E-state index in [0.29, 0.717) is 27.1 Å². The molecule has 0 aliphatic heterocycles. The Labute approximate surface area is 185 Å². The minimum atomic E-state index is -0.552. The van der Waals surface area contributed by atoms with Crippen molar-refractivity contribution >= 4 is 45.9 Å². The number of ether oxygens (including phenoxy) is 1. The van der Waals surface area contributed by atoms with Crippen molar-refractivity contribution in [3.8, 4) is 6.07 Å². The van der Waals surface area contributed by atoms with Crippen LogP contribution in [0.1, 0.15) is 53.1 Å². The minimum Gasteiger partial charge on any atom is -0.462 e. The Hall–Kier alpha value is -2.62. The molecule has 1 unspecified atom stereocenters. The van der Waals surface area contributed by atoms with Gasteiger partial charge in [0.1, 0.15) is 16.6 Å². The molecule has 0 bridgehead atoms. The summed E-state index contributed by atoms with van der Waals surface area (Å²) in [6, 6.07) is 8.78.